The van der Waals surface area contributed by atoms with Gasteiger partial charge in [0.15, 0.2) is 0 Å². The molecule has 0 aliphatic heterocycles. The molecule has 1 aromatic heterocycles. The van der Waals surface area contributed by atoms with Gasteiger partial charge in [-0.1, -0.05) is 41.9 Å². The first kappa shape index (κ1) is 15.9. The molecular weight excluding hydrogens is 288 g/mol. The maximum absolute atomic E-state index is 10.3. The van der Waals surface area contributed by atoms with Crippen molar-refractivity contribution in [3.8, 4) is 0 Å². The van der Waals surface area contributed by atoms with Crippen LogP contribution in [0, 0.1) is 0 Å². The molecule has 1 unspecified atom stereocenters. The third-order valence-electron chi connectivity index (χ3n) is 3.23. The molecule has 2 N–H and O–H groups in total. The molecule has 0 fully saturated rings. The van der Waals surface area contributed by atoms with Crippen LogP contribution in [0.15, 0.2) is 48.7 Å². The summed E-state index contributed by atoms with van der Waals surface area (Å²) >= 11 is 5.84. The van der Waals surface area contributed by atoms with Gasteiger partial charge in [0, 0.05) is 25.8 Å². The molecule has 0 aliphatic carbocycles. The third kappa shape index (κ3) is 5.10. The molecule has 112 valence electrons. The van der Waals surface area contributed by atoms with Gasteiger partial charge < -0.3 is 10.2 Å². The number of aliphatic hydroxyl groups excluding tert-OH is 2. The molecule has 0 aliphatic rings. The Kier molecular flexibility index (Phi) is 6.14. The molecule has 21 heavy (non-hydrogen) atoms. The van der Waals surface area contributed by atoms with Crippen LogP contribution in [0.5, 0.6) is 0 Å². The molecule has 2 rings (SSSR count). The van der Waals surface area contributed by atoms with E-state index in [0.29, 0.717) is 24.8 Å². The van der Waals surface area contributed by atoms with Crippen molar-refractivity contribution in [1.82, 2.24) is 9.88 Å². The van der Waals surface area contributed by atoms with E-state index in [-0.39, 0.29) is 6.61 Å². The van der Waals surface area contributed by atoms with Crippen molar-refractivity contribution >= 4 is 11.6 Å². The van der Waals surface area contributed by atoms with Gasteiger partial charge in [-0.2, -0.15) is 0 Å². The van der Waals surface area contributed by atoms with Crippen LogP contribution in [0.3, 0.4) is 0 Å². The number of hydrogen-bond donors (Lipinski definition) is 2. The molecule has 2 aromatic rings. The number of nitrogens with zero attached hydrogens (tertiary/aromatic N) is 2. The Morgan fingerprint density at radius 2 is 1.95 bits per heavy atom. The molecule has 1 aromatic carbocycles. The van der Waals surface area contributed by atoms with E-state index in [1.165, 1.54) is 0 Å². The van der Waals surface area contributed by atoms with Gasteiger partial charge in [0.2, 0.25) is 0 Å². The lowest BCUT2D eigenvalue weighted by molar-refractivity contribution is 0.0956. The summed E-state index contributed by atoms with van der Waals surface area (Å²) in [7, 11) is 0. The number of rotatable bonds is 7. The van der Waals surface area contributed by atoms with Gasteiger partial charge in [-0.15, -0.1) is 0 Å². The van der Waals surface area contributed by atoms with Crippen LogP contribution in [-0.4, -0.2) is 39.8 Å². The molecule has 0 amide bonds. The van der Waals surface area contributed by atoms with E-state index in [1.807, 2.05) is 35.2 Å². The van der Waals surface area contributed by atoms with E-state index in [1.54, 1.807) is 18.3 Å². The smallest absolute Gasteiger partial charge is 0.129 e. The number of hydrogen-bond acceptors (Lipinski definition) is 4. The zero-order valence-electron chi connectivity index (χ0n) is 11.7. The first-order valence-electron chi connectivity index (χ1n) is 6.85. The summed E-state index contributed by atoms with van der Waals surface area (Å²) in [6.07, 6.45) is 0.912. The standard InChI is InChI=1S/C16H19ClN2O2/c17-16-10-14(6-7-18-16)15(21)12-19(8-9-20)11-13-4-2-1-3-5-13/h1-7,10,15,20-21H,8-9,11-12H2. The Balaban J connectivity index is 2.02. The lowest BCUT2D eigenvalue weighted by atomic mass is 10.1. The third-order valence-corrected chi connectivity index (χ3v) is 3.44. The van der Waals surface area contributed by atoms with Crippen LogP contribution in [0.1, 0.15) is 17.2 Å². The topological polar surface area (TPSA) is 56.6 Å². The summed E-state index contributed by atoms with van der Waals surface area (Å²) in [4.78, 5) is 5.91. The Labute approximate surface area is 129 Å². The fourth-order valence-corrected chi connectivity index (χ4v) is 2.37. The summed E-state index contributed by atoms with van der Waals surface area (Å²) in [5.74, 6) is 0. The number of halogens is 1. The van der Waals surface area contributed by atoms with Crippen LogP contribution in [0.25, 0.3) is 0 Å². The zero-order valence-corrected chi connectivity index (χ0v) is 12.4. The molecule has 1 atom stereocenters. The highest BCUT2D eigenvalue weighted by atomic mass is 35.5. The second kappa shape index (κ2) is 8.10. The normalized spacial score (nSPS) is 12.6. The molecular formula is C16H19ClN2O2. The van der Waals surface area contributed by atoms with E-state index < -0.39 is 6.10 Å². The lowest BCUT2D eigenvalue weighted by Gasteiger charge is -2.24. The molecule has 1 heterocycles. The Morgan fingerprint density at radius 3 is 2.62 bits per heavy atom. The van der Waals surface area contributed by atoms with E-state index >= 15 is 0 Å². The Bertz CT molecular complexity index is 551. The van der Waals surface area contributed by atoms with Gasteiger partial charge in [0.25, 0.3) is 0 Å². The van der Waals surface area contributed by atoms with Crippen molar-refractivity contribution in [3.05, 3.63) is 64.9 Å². The van der Waals surface area contributed by atoms with Crippen LogP contribution < -0.4 is 0 Å². The highest BCUT2D eigenvalue weighted by Crippen LogP contribution is 2.18. The molecule has 0 saturated carbocycles. The van der Waals surface area contributed by atoms with Crippen molar-refractivity contribution in [2.45, 2.75) is 12.6 Å². The number of pyridine rings is 1. The molecule has 0 saturated heterocycles. The van der Waals surface area contributed by atoms with Crippen LogP contribution >= 0.6 is 11.6 Å². The quantitative estimate of drug-likeness (QED) is 0.771. The van der Waals surface area contributed by atoms with E-state index in [9.17, 15) is 10.2 Å². The predicted molar refractivity (Wildman–Crippen MR) is 83.0 cm³/mol. The molecule has 0 spiro atoms. The van der Waals surface area contributed by atoms with E-state index in [4.69, 9.17) is 11.6 Å². The van der Waals surface area contributed by atoms with Crippen molar-refractivity contribution in [1.29, 1.82) is 0 Å². The first-order valence-corrected chi connectivity index (χ1v) is 7.23. The van der Waals surface area contributed by atoms with Gasteiger partial charge >= 0.3 is 0 Å². The van der Waals surface area contributed by atoms with Crippen LogP contribution in [0.2, 0.25) is 5.15 Å². The van der Waals surface area contributed by atoms with E-state index in [0.717, 1.165) is 11.1 Å². The average molecular weight is 307 g/mol. The first-order chi connectivity index (χ1) is 10.2. The summed E-state index contributed by atoms with van der Waals surface area (Å²) in [5, 5.41) is 19.9. The minimum absolute atomic E-state index is 0.0522. The van der Waals surface area contributed by atoms with Crippen molar-refractivity contribution in [2.75, 3.05) is 19.7 Å². The molecule has 0 radical (unpaired) electrons. The number of benzene rings is 1. The zero-order chi connectivity index (χ0) is 15.1. The summed E-state index contributed by atoms with van der Waals surface area (Å²) in [6.45, 7) is 1.66. The number of aromatic nitrogens is 1. The van der Waals surface area contributed by atoms with Gasteiger partial charge in [-0.25, -0.2) is 4.98 Å². The SMILES string of the molecule is OCCN(Cc1ccccc1)CC(O)c1ccnc(Cl)c1. The van der Waals surface area contributed by atoms with Crippen molar-refractivity contribution < 1.29 is 10.2 Å². The van der Waals surface area contributed by atoms with Crippen LogP contribution in [0.4, 0.5) is 0 Å². The molecule has 0 bridgehead atoms. The number of aliphatic hydroxyl groups is 2. The maximum atomic E-state index is 10.3. The van der Waals surface area contributed by atoms with Gasteiger partial charge in [-0.05, 0) is 23.3 Å². The van der Waals surface area contributed by atoms with Gasteiger partial charge in [-0.3, -0.25) is 4.90 Å². The summed E-state index contributed by atoms with van der Waals surface area (Å²) in [6, 6.07) is 13.4. The van der Waals surface area contributed by atoms with Crippen LogP contribution in [-0.2, 0) is 6.54 Å². The van der Waals surface area contributed by atoms with E-state index in [2.05, 4.69) is 4.98 Å². The van der Waals surface area contributed by atoms with Gasteiger partial charge in [0.1, 0.15) is 5.15 Å². The fraction of sp³-hybridized carbons (Fsp3) is 0.312. The fourth-order valence-electron chi connectivity index (χ4n) is 2.19. The lowest BCUT2D eigenvalue weighted by Crippen LogP contribution is -2.31. The largest absolute Gasteiger partial charge is 0.395 e. The highest BCUT2D eigenvalue weighted by molar-refractivity contribution is 6.29. The second-order valence-electron chi connectivity index (χ2n) is 4.87. The summed E-state index contributed by atoms with van der Waals surface area (Å²) in [5.41, 5.74) is 1.87. The Morgan fingerprint density at radius 1 is 1.19 bits per heavy atom. The van der Waals surface area contributed by atoms with Gasteiger partial charge in [0.05, 0.1) is 12.7 Å². The van der Waals surface area contributed by atoms with Crippen molar-refractivity contribution in [3.63, 3.8) is 0 Å². The molecule has 4 nitrogen and oxygen atoms in total. The highest BCUT2D eigenvalue weighted by Gasteiger charge is 2.14. The average Bonchev–Trinajstić information content (AvgIpc) is 2.48. The summed E-state index contributed by atoms with van der Waals surface area (Å²) < 4.78 is 0. The predicted octanol–water partition coefficient (Wildman–Crippen LogP) is 2.26. The molecule has 5 heteroatoms. The maximum Gasteiger partial charge on any atom is 0.129 e. The monoisotopic (exact) mass is 306 g/mol. The Hall–Kier alpha value is -1.46. The minimum Gasteiger partial charge on any atom is -0.395 e. The van der Waals surface area contributed by atoms with Crippen molar-refractivity contribution in [2.24, 2.45) is 0 Å². The minimum atomic E-state index is -0.666. The second-order valence-corrected chi connectivity index (χ2v) is 5.26.